The first-order chi connectivity index (χ1) is 15.6. The first-order valence-electron chi connectivity index (χ1n) is 9.83. The minimum atomic E-state index is -0.333. The normalized spacial score (nSPS) is 11.1. The van der Waals surface area contributed by atoms with Crippen molar-refractivity contribution in [2.75, 3.05) is 20.3 Å². The largest absolute Gasteiger partial charge is 0.497 e. The molecule has 0 unspecified atom stereocenters. The van der Waals surface area contributed by atoms with Crippen LogP contribution in [0, 0.1) is 5.82 Å². The average molecular weight is 433 g/mol. The van der Waals surface area contributed by atoms with E-state index < -0.39 is 0 Å². The molecule has 0 bridgehead atoms. The Kier molecular flexibility index (Phi) is 6.35. The molecule has 0 aliphatic rings. The van der Waals surface area contributed by atoms with Gasteiger partial charge < -0.3 is 14.8 Å². The van der Waals surface area contributed by atoms with Gasteiger partial charge in [-0.15, -0.1) is 15.3 Å². The van der Waals surface area contributed by atoms with Crippen LogP contribution < -0.4 is 14.8 Å². The Morgan fingerprint density at radius 3 is 2.59 bits per heavy atom. The third-order valence-electron chi connectivity index (χ3n) is 4.53. The summed E-state index contributed by atoms with van der Waals surface area (Å²) in [4.78, 5) is 12.0. The SMILES string of the molecule is COc1ccc(/C=C/C(=O)NCCOc2ccc3nnc(-c4ccc(F)cc4)n3n2)cc1. The summed E-state index contributed by atoms with van der Waals surface area (Å²) < 4.78 is 25.4. The molecule has 0 fully saturated rings. The highest BCUT2D eigenvalue weighted by Crippen LogP contribution is 2.19. The van der Waals surface area contributed by atoms with Gasteiger partial charge in [-0.2, -0.15) is 4.52 Å². The van der Waals surface area contributed by atoms with Gasteiger partial charge in [0.2, 0.25) is 11.8 Å². The Balaban J connectivity index is 1.31. The number of fused-ring (bicyclic) bond motifs is 1. The second kappa shape index (κ2) is 9.69. The average Bonchev–Trinajstić information content (AvgIpc) is 3.24. The van der Waals surface area contributed by atoms with Crippen molar-refractivity contribution in [3.8, 4) is 23.0 Å². The highest BCUT2D eigenvalue weighted by atomic mass is 19.1. The van der Waals surface area contributed by atoms with Crippen LogP contribution in [-0.4, -0.2) is 46.0 Å². The number of carbonyl (C=O) groups is 1. The Morgan fingerprint density at radius 2 is 1.84 bits per heavy atom. The molecule has 4 aromatic rings. The van der Waals surface area contributed by atoms with E-state index in [0.717, 1.165) is 11.3 Å². The standard InChI is InChI=1S/C23H20FN5O3/c1-31-19-9-2-16(3-10-19)4-12-21(30)25-14-15-32-22-13-11-20-26-27-23(29(20)28-22)17-5-7-18(24)8-6-17/h2-13H,14-15H2,1H3,(H,25,30)/b12-4+. The number of nitrogens with zero attached hydrogens (tertiary/aromatic N) is 4. The van der Waals surface area contributed by atoms with E-state index in [2.05, 4.69) is 20.6 Å². The van der Waals surface area contributed by atoms with Gasteiger partial charge in [-0.3, -0.25) is 4.79 Å². The van der Waals surface area contributed by atoms with Crippen LogP contribution in [0.5, 0.6) is 11.6 Å². The van der Waals surface area contributed by atoms with Crippen LogP contribution >= 0.6 is 0 Å². The lowest BCUT2D eigenvalue weighted by Gasteiger charge is -2.06. The highest BCUT2D eigenvalue weighted by Gasteiger charge is 2.10. The minimum absolute atomic E-state index is 0.231. The van der Waals surface area contributed by atoms with E-state index in [1.807, 2.05) is 24.3 Å². The molecule has 8 nitrogen and oxygen atoms in total. The van der Waals surface area contributed by atoms with Crippen molar-refractivity contribution in [3.63, 3.8) is 0 Å². The van der Waals surface area contributed by atoms with Gasteiger partial charge in [0.15, 0.2) is 11.5 Å². The fraction of sp³-hybridized carbons (Fsp3) is 0.130. The van der Waals surface area contributed by atoms with E-state index in [1.54, 1.807) is 37.5 Å². The van der Waals surface area contributed by atoms with Gasteiger partial charge in [0, 0.05) is 17.7 Å². The van der Waals surface area contributed by atoms with E-state index in [0.29, 0.717) is 29.5 Å². The van der Waals surface area contributed by atoms with Gasteiger partial charge in [-0.05, 0) is 54.1 Å². The smallest absolute Gasteiger partial charge is 0.244 e. The molecule has 0 aliphatic heterocycles. The summed E-state index contributed by atoms with van der Waals surface area (Å²) in [5, 5.41) is 15.3. The van der Waals surface area contributed by atoms with Crippen LogP contribution in [0.25, 0.3) is 23.1 Å². The van der Waals surface area contributed by atoms with E-state index in [9.17, 15) is 9.18 Å². The maximum absolute atomic E-state index is 13.2. The first kappa shape index (κ1) is 21.0. The van der Waals surface area contributed by atoms with Crippen molar-refractivity contribution in [3.05, 3.63) is 78.1 Å². The van der Waals surface area contributed by atoms with Crippen molar-refractivity contribution in [2.24, 2.45) is 0 Å². The van der Waals surface area contributed by atoms with Crippen LogP contribution in [0.4, 0.5) is 4.39 Å². The number of benzene rings is 2. The molecule has 0 saturated heterocycles. The molecule has 0 aliphatic carbocycles. The predicted octanol–water partition coefficient (Wildman–Crippen LogP) is 3.15. The molecule has 4 rings (SSSR count). The van der Waals surface area contributed by atoms with Gasteiger partial charge >= 0.3 is 0 Å². The predicted molar refractivity (Wildman–Crippen MR) is 117 cm³/mol. The number of nitrogens with one attached hydrogen (secondary N) is 1. The Labute approximate surface area is 183 Å². The van der Waals surface area contributed by atoms with Gasteiger partial charge in [-0.1, -0.05) is 12.1 Å². The Bertz CT molecular complexity index is 1240. The maximum atomic E-state index is 13.2. The van der Waals surface area contributed by atoms with E-state index in [4.69, 9.17) is 9.47 Å². The molecule has 0 saturated carbocycles. The summed E-state index contributed by atoms with van der Waals surface area (Å²) in [7, 11) is 1.60. The van der Waals surface area contributed by atoms with Crippen LogP contribution in [0.1, 0.15) is 5.56 Å². The fourth-order valence-corrected chi connectivity index (χ4v) is 2.90. The van der Waals surface area contributed by atoms with E-state index >= 15 is 0 Å². The van der Waals surface area contributed by atoms with Crippen molar-refractivity contribution in [1.82, 2.24) is 25.1 Å². The molecular formula is C23H20FN5O3. The topological polar surface area (TPSA) is 90.6 Å². The summed E-state index contributed by atoms with van der Waals surface area (Å²) in [6.07, 6.45) is 3.17. The molecular weight excluding hydrogens is 413 g/mol. The number of carbonyl (C=O) groups excluding carboxylic acids is 1. The number of hydrogen-bond acceptors (Lipinski definition) is 6. The molecule has 1 N–H and O–H groups in total. The molecule has 32 heavy (non-hydrogen) atoms. The lowest BCUT2D eigenvalue weighted by Crippen LogP contribution is -2.26. The number of hydrogen-bond donors (Lipinski definition) is 1. The van der Waals surface area contributed by atoms with E-state index in [1.165, 1.54) is 22.7 Å². The second-order valence-corrected chi connectivity index (χ2v) is 6.72. The third kappa shape index (κ3) is 5.07. The number of amides is 1. The summed E-state index contributed by atoms with van der Waals surface area (Å²) in [6, 6.07) is 16.7. The molecule has 0 radical (unpaired) electrons. The number of methoxy groups -OCH3 is 1. The second-order valence-electron chi connectivity index (χ2n) is 6.72. The zero-order valence-corrected chi connectivity index (χ0v) is 17.2. The van der Waals surface area contributed by atoms with Crippen LogP contribution in [0.2, 0.25) is 0 Å². The molecule has 2 aromatic heterocycles. The zero-order chi connectivity index (χ0) is 22.3. The van der Waals surface area contributed by atoms with Crippen LogP contribution in [0.3, 0.4) is 0 Å². The quantitative estimate of drug-likeness (QED) is 0.339. The van der Waals surface area contributed by atoms with Crippen molar-refractivity contribution >= 4 is 17.6 Å². The van der Waals surface area contributed by atoms with Crippen LogP contribution in [0.15, 0.2) is 66.7 Å². The molecule has 0 spiro atoms. The lowest BCUT2D eigenvalue weighted by molar-refractivity contribution is -0.116. The summed E-state index contributed by atoms with van der Waals surface area (Å²) >= 11 is 0. The fourth-order valence-electron chi connectivity index (χ4n) is 2.90. The lowest BCUT2D eigenvalue weighted by atomic mass is 10.2. The highest BCUT2D eigenvalue weighted by molar-refractivity contribution is 5.91. The Hall–Kier alpha value is -4.27. The number of aromatic nitrogens is 4. The van der Waals surface area contributed by atoms with Crippen molar-refractivity contribution < 1.29 is 18.7 Å². The zero-order valence-electron chi connectivity index (χ0n) is 17.2. The van der Waals surface area contributed by atoms with Gasteiger partial charge in [0.25, 0.3) is 0 Å². The maximum Gasteiger partial charge on any atom is 0.244 e. The minimum Gasteiger partial charge on any atom is -0.497 e. The number of halogens is 1. The van der Waals surface area contributed by atoms with Gasteiger partial charge in [0.05, 0.1) is 13.7 Å². The first-order valence-corrected chi connectivity index (χ1v) is 9.83. The molecule has 0 atom stereocenters. The molecule has 1 amide bonds. The van der Waals surface area contributed by atoms with Crippen molar-refractivity contribution in [1.29, 1.82) is 0 Å². The van der Waals surface area contributed by atoms with Gasteiger partial charge in [-0.25, -0.2) is 4.39 Å². The third-order valence-corrected chi connectivity index (χ3v) is 4.53. The summed E-state index contributed by atoms with van der Waals surface area (Å²) in [5.74, 6) is 1.02. The number of ether oxygens (including phenoxy) is 2. The Morgan fingerprint density at radius 1 is 1.06 bits per heavy atom. The van der Waals surface area contributed by atoms with E-state index in [-0.39, 0.29) is 18.3 Å². The molecule has 2 aromatic carbocycles. The monoisotopic (exact) mass is 433 g/mol. The van der Waals surface area contributed by atoms with Gasteiger partial charge in [0.1, 0.15) is 18.2 Å². The molecule has 162 valence electrons. The molecule has 9 heteroatoms. The molecule has 2 heterocycles. The van der Waals surface area contributed by atoms with Crippen LogP contribution in [-0.2, 0) is 4.79 Å². The summed E-state index contributed by atoms with van der Waals surface area (Å²) in [6.45, 7) is 0.535. The number of rotatable bonds is 8. The van der Waals surface area contributed by atoms with Crippen molar-refractivity contribution in [2.45, 2.75) is 0 Å². The summed E-state index contributed by atoms with van der Waals surface area (Å²) in [5.41, 5.74) is 2.11.